The van der Waals surface area contributed by atoms with Crippen LogP contribution in [0.2, 0.25) is 0 Å². The van der Waals surface area contributed by atoms with Crippen LogP contribution in [-0.4, -0.2) is 212 Å². The smallest absolute Gasteiger partial charge is 0.497 e. The molecule has 12 rings (SSSR count). The highest BCUT2D eigenvalue weighted by atomic mass is 32.1. The monoisotopic (exact) mass is 1830 g/mol. The minimum atomic E-state index is -4.83. The van der Waals surface area contributed by atoms with E-state index in [1.54, 1.807) is 126 Å². The summed E-state index contributed by atoms with van der Waals surface area (Å²) >= 11 is 2.87. The van der Waals surface area contributed by atoms with Crippen LogP contribution in [0.1, 0.15) is 174 Å². The van der Waals surface area contributed by atoms with Gasteiger partial charge in [-0.05, 0) is 155 Å². The number of hydrogen-bond donors (Lipinski definition) is 8. The van der Waals surface area contributed by atoms with Crippen molar-refractivity contribution in [1.82, 2.24) is 51.0 Å². The van der Waals surface area contributed by atoms with E-state index in [0.717, 1.165) is 43.7 Å². The van der Waals surface area contributed by atoms with Gasteiger partial charge in [-0.15, -0.1) is 35.8 Å². The number of amides is 6. The molecule has 36 nitrogen and oxygen atoms in total. The first-order valence-corrected chi connectivity index (χ1v) is 47.2. The van der Waals surface area contributed by atoms with E-state index in [2.05, 4.69) is 45.1 Å². The van der Waals surface area contributed by atoms with E-state index in [1.165, 1.54) is 44.6 Å². The Kier molecular flexibility index (Phi) is 31.1. The second kappa shape index (κ2) is 40.6. The molecule has 6 aromatic rings. The van der Waals surface area contributed by atoms with Crippen molar-refractivity contribution in [2.45, 2.75) is 257 Å². The molecule has 6 amide bonds. The molecule has 0 bridgehead atoms. The highest BCUT2D eigenvalue weighted by molar-refractivity contribution is 7.56. The van der Waals surface area contributed by atoms with E-state index in [4.69, 9.17) is 76.4 Å². The van der Waals surface area contributed by atoms with Crippen LogP contribution in [0.4, 0.5) is 29.4 Å². The van der Waals surface area contributed by atoms with Crippen molar-refractivity contribution in [1.29, 1.82) is 0 Å². The Morgan fingerprint density at radius 3 is 1.27 bits per heavy atom. The average molecular weight is 1830 g/mol. The maximum absolute atomic E-state index is 15.1. The number of alkyl carbamates (subject to hydrolysis) is 2. The Morgan fingerprint density at radius 1 is 0.548 bits per heavy atom. The number of nitrogens with zero attached hydrogens (tertiary/aromatic N) is 6. The minimum absolute atomic E-state index is 0.00650. The molecule has 2 aromatic carbocycles. The first kappa shape index (κ1) is 96.7. The molecule has 4 aliphatic carbocycles. The van der Waals surface area contributed by atoms with Crippen LogP contribution in [0.25, 0.3) is 44.6 Å². The molecule has 0 radical (unpaired) electrons. The van der Waals surface area contributed by atoms with Gasteiger partial charge in [-0.2, -0.15) is 0 Å². The van der Waals surface area contributed by atoms with Gasteiger partial charge in [-0.25, -0.2) is 39.1 Å². The summed E-state index contributed by atoms with van der Waals surface area (Å²) in [5.41, 5.74) is 1.64. The lowest BCUT2D eigenvalue weighted by molar-refractivity contribution is -0.142. The molecule has 10 atom stereocenters. The molecule has 2 saturated heterocycles. The lowest BCUT2D eigenvalue weighted by Gasteiger charge is -2.36. The Labute approximate surface area is 740 Å². The first-order chi connectivity index (χ1) is 59.5. The summed E-state index contributed by atoms with van der Waals surface area (Å²) in [6.45, 7) is 30.6. The Morgan fingerprint density at radius 2 is 0.929 bits per heavy atom. The van der Waals surface area contributed by atoms with Crippen LogP contribution >= 0.6 is 37.9 Å². The summed E-state index contributed by atoms with van der Waals surface area (Å²) in [5, 5.41) is 20.4. The molecule has 6 aliphatic rings. The number of thiazole rings is 2. The highest BCUT2D eigenvalue weighted by Gasteiger charge is 2.70. The number of anilines is 2. The van der Waals surface area contributed by atoms with Gasteiger partial charge in [0.25, 0.3) is 0 Å². The van der Waals surface area contributed by atoms with Crippen molar-refractivity contribution in [3.8, 4) is 45.8 Å². The Balaban J connectivity index is 0.000000252. The van der Waals surface area contributed by atoms with Crippen molar-refractivity contribution >= 4 is 118 Å². The maximum Gasteiger partial charge on any atom is 0.510 e. The number of methoxy groups -OCH3 is 2. The molecule has 126 heavy (non-hydrogen) atoms. The van der Waals surface area contributed by atoms with Crippen LogP contribution in [0, 0.1) is 22.7 Å². The van der Waals surface area contributed by atoms with Gasteiger partial charge in [-0.1, -0.05) is 53.7 Å². The number of carbonyl (C=O) groups excluding carboxylic acids is 8. The number of fused-ring (bicyclic) bond motifs is 2. The molecule has 4 saturated carbocycles. The molecule has 6 fully saturated rings. The minimum Gasteiger partial charge on any atom is -0.497 e. The fourth-order valence-corrected chi connectivity index (χ4v) is 20.6. The molecule has 0 unspecified atom stereocenters. The molecule has 4 aromatic heterocycles. The molecule has 688 valence electrons. The van der Waals surface area contributed by atoms with Crippen molar-refractivity contribution < 1.29 is 114 Å². The Bertz CT molecular complexity index is 5030. The summed E-state index contributed by atoms with van der Waals surface area (Å²) in [4.78, 5) is 153. The molecule has 6 heterocycles. The van der Waals surface area contributed by atoms with E-state index in [9.17, 15) is 43.1 Å². The van der Waals surface area contributed by atoms with Crippen molar-refractivity contribution in [3.05, 3.63) is 84.6 Å². The molecule has 0 spiro atoms. The van der Waals surface area contributed by atoms with Crippen LogP contribution in [0.15, 0.2) is 84.6 Å². The highest BCUT2D eigenvalue weighted by Crippen LogP contribution is 2.73. The number of likely N-dealkylation sites (tertiary alicyclic amines) is 2. The van der Waals surface area contributed by atoms with Crippen LogP contribution in [0.5, 0.6) is 23.0 Å². The number of ether oxygens (including phenoxy) is 10. The van der Waals surface area contributed by atoms with Gasteiger partial charge >= 0.3 is 39.7 Å². The first-order valence-electron chi connectivity index (χ1n) is 42.3. The maximum atomic E-state index is 15.1. The van der Waals surface area contributed by atoms with Crippen molar-refractivity contribution in [2.75, 3.05) is 51.5 Å². The van der Waals surface area contributed by atoms with E-state index in [1.807, 2.05) is 44.5 Å². The van der Waals surface area contributed by atoms with E-state index < -0.39 is 159 Å². The van der Waals surface area contributed by atoms with Crippen molar-refractivity contribution in [2.24, 2.45) is 22.7 Å². The van der Waals surface area contributed by atoms with Crippen LogP contribution in [0.3, 0.4) is 0 Å². The van der Waals surface area contributed by atoms with Crippen LogP contribution in [-0.2, 0) is 65.8 Å². The number of pyridine rings is 2. The summed E-state index contributed by atoms with van der Waals surface area (Å²) in [6.07, 6.45) is 2.37. The predicted octanol–water partition coefficient (Wildman–Crippen LogP) is 14.7. The van der Waals surface area contributed by atoms with Gasteiger partial charge in [0.1, 0.15) is 93.5 Å². The molecule has 40 heteroatoms. The van der Waals surface area contributed by atoms with Gasteiger partial charge in [0, 0.05) is 82.6 Å². The number of rotatable bonds is 34. The number of nitrogens with one attached hydrogen (secondary N) is 6. The lowest BCUT2D eigenvalue weighted by atomic mass is 9.85. The van der Waals surface area contributed by atoms with Gasteiger partial charge < -0.3 is 98.9 Å². The SMILES string of the molecule is C=C[C@@H]1C[C@]1(NC(=O)[C@@H]1C[C@@H](Oc2cc(-c3csc(NC(C)C)n3)nc3cc(OC)ccc23)CN1C(=O)[C@@H](NC(=O)OC1CCCC1)C(C)(C)C)P(=O)(O)O.C=C[C@@H]1C[C@]1(NC(=O)[C@@H]1C[C@@H](Oc2cc(-c3csc(NC(C)C)n3)nc3cc(OC)ccc23)CN1C(=O)[C@@H](NC(=O)OC1CCCC1)C(C)(C)C)P(=O)(OCOC(=O)OC(C)C)OCOC(=O)OC(C)C. The van der Waals surface area contributed by atoms with E-state index in [-0.39, 0.29) is 63.1 Å². The second-order valence-electron chi connectivity index (χ2n) is 35.5. The normalized spacial score (nSPS) is 21.8. The van der Waals surface area contributed by atoms with Gasteiger partial charge in [-0.3, -0.25) is 37.4 Å². The van der Waals surface area contributed by atoms with E-state index >= 15 is 14.2 Å². The number of hydrogen-bond acceptors (Lipinski definition) is 30. The van der Waals surface area contributed by atoms with Gasteiger partial charge in [0.2, 0.25) is 37.2 Å². The zero-order valence-corrected chi connectivity index (χ0v) is 77.4. The van der Waals surface area contributed by atoms with E-state index in [0.29, 0.717) is 85.6 Å². The number of aromatic nitrogens is 4. The number of carbonyl (C=O) groups is 8. The zero-order chi connectivity index (χ0) is 91.7. The average Bonchev–Trinajstić information content (AvgIpc) is 1.55. The van der Waals surface area contributed by atoms with Crippen LogP contribution < -0.4 is 50.8 Å². The third-order valence-electron chi connectivity index (χ3n) is 22.2. The molecular weight excluding hydrogens is 1710 g/mol. The summed E-state index contributed by atoms with van der Waals surface area (Å²) in [7, 11) is -6.45. The zero-order valence-electron chi connectivity index (χ0n) is 74.0. The van der Waals surface area contributed by atoms with Crippen molar-refractivity contribution in [3.63, 3.8) is 0 Å². The predicted molar refractivity (Wildman–Crippen MR) is 471 cm³/mol. The standard InChI is InChI=1S/C48H67N6O15PS.C38H51N6O9PS/c1-12-30-22-48(30,70(60,64-25-62-45(58)66-28(4)5)65-26-63-46(59)67-29(6)7)53-41(55)38-20-33(23-54(38)42(56)40(47(8,9)10)52-44(57)69-31-15-13-14-16-31)68-39-21-36(37-24-71-43(51-37)49-27(2)3)50-35-19-32(61-11)17-18-34(35)39;1-8-22-18-38(22,54(48,49)50)43-33(45)30-16-25(19-44(30)34(46)32(37(4,5)6)42-36(47)53-23-11-9-10-12-23)52-31-17-28(29-20-55-35(41-29)39-21(2)3)40-27-15-24(51-7)13-14-26(27)31/h12,17-19,21,24,27-31,33,38,40H,1,13-16,20,22-23,25-26H2,2-11H3,(H,49,51)(H,52,57)(H,53,55);8,13-15,17,20-23,25,30,32H,1,9-12,16,18-19H2,2-7H3,(H,39,41)(H,42,47)(H,43,45)(H2,48,49,50)/t30-,33-,38+,40-,48+;22-,25-,30+,32-,38+/m11/s1. The quantitative estimate of drug-likeness (QED) is 0.00611. The second-order valence-corrected chi connectivity index (χ2v) is 41.4. The fraction of sp³-hybridized carbons (Fsp3) is 0.581. The third-order valence-corrected chi connectivity index (χ3v) is 27.9. The molecule has 2 aliphatic heterocycles. The third kappa shape index (κ3) is 23.7. The summed E-state index contributed by atoms with van der Waals surface area (Å²) in [5.74, 6) is -2.16. The fourth-order valence-electron chi connectivity index (χ4n) is 15.6. The molecule has 8 N–H and O–H groups in total. The topological polar surface area (TPSA) is 452 Å². The number of benzene rings is 2. The summed E-state index contributed by atoms with van der Waals surface area (Å²) < 4.78 is 95.0. The molecular formula is C86H118N12O24P2S2. The summed E-state index contributed by atoms with van der Waals surface area (Å²) in [6, 6.07) is 9.73. The van der Waals surface area contributed by atoms with Gasteiger partial charge in [0.05, 0.1) is 61.9 Å². The van der Waals surface area contributed by atoms with Gasteiger partial charge in [0.15, 0.2) is 10.3 Å². The largest absolute Gasteiger partial charge is 0.510 e. The lowest BCUT2D eigenvalue weighted by Crippen LogP contribution is -2.58. The Hall–Kier alpha value is -9.94.